The molecule has 59 heavy (non-hydrogen) atoms. The summed E-state index contributed by atoms with van der Waals surface area (Å²) < 4.78 is 0. The predicted molar refractivity (Wildman–Crippen MR) is 243 cm³/mol. The molecule has 0 radical (unpaired) electrons. The molecule has 2 unspecified atom stereocenters. The molecule has 0 bridgehead atoms. The van der Waals surface area contributed by atoms with E-state index in [0.29, 0.717) is 5.84 Å². The van der Waals surface area contributed by atoms with Crippen molar-refractivity contribution in [2.45, 2.75) is 12.3 Å². The maximum atomic E-state index is 5.10. The van der Waals surface area contributed by atoms with Crippen LogP contribution < -0.4 is 15.5 Å². The maximum Gasteiger partial charge on any atom is 0.159 e. The Labute approximate surface area is 342 Å². The number of aromatic nitrogens is 1. The van der Waals surface area contributed by atoms with Crippen LogP contribution in [-0.2, 0) is 0 Å². The number of benzene rings is 8. The van der Waals surface area contributed by atoms with E-state index in [0.717, 1.165) is 50.6 Å². The van der Waals surface area contributed by atoms with Gasteiger partial charge in [-0.1, -0.05) is 170 Å². The molecule has 280 valence electrons. The fourth-order valence-corrected chi connectivity index (χ4v) is 8.54. The van der Waals surface area contributed by atoms with Gasteiger partial charge in [0.1, 0.15) is 18.2 Å². The van der Waals surface area contributed by atoms with Crippen LogP contribution >= 0.6 is 0 Å². The Morgan fingerprint density at radius 2 is 0.983 bits per heavy atom. The molecule has 11 rings (SSSR count). The van der Waals surface area contributed by atoms with Crippen LogP contribution in [0.4, 0.5) is 17.1 Å². The second-order valence-corrected chi connectivity index (χ2v) is 15.0. The number of anilines is 3. The van der Waals surface area contributed by atoms with Crippen LogP contribution in [0.1, 0.15) is 34.6 Å². The first-order valence-electron chi connectivity index (χ1n) is 20.0. The van der Waals surface area contributed by atoms with Crippen LogP contribution in [0.3, 0.4) is 0 Å². The van der Waals surface area contributed by atoms with Crippen molar-refractivity contribution in [2.75, 3.05) is 10.2 Å². The third-order valence-corrected chi connectivity index (χ3v) is 11.4. The third-order valence-electron chi connectivity index (χ3n) is 11.4. The largest absolute Gasteiger partial charge is 0.359 e. The molecule has 3 heterocycles. The monoisotopic (exact) mass is 758 g/mol. The number of nitrogens with zero attached hydrogens (tertiary/aromatic N) is 4. The van der Waals surface area contributed by atoms with E-state index in [9.17, 15) is 0 Å². The lowest BCUT2D eigenvalue weighted by molar-refractivity contribution is 0.673. The van der Waals surface area contributed by atoms with Gasteiger partial charge in [0.05, 0.1) is 11.4 Å². The average molecular weight is 759 g/mol. The minimum atomic E-state index is -0.312. The van der Waals surface area contributed by atoms with Gasteiger partial charge in [-0.25, -0.2) is 9.98 Å². The van der Waals surface area contributed by atoms with Crippen molar-refractivity contribution in [3.63, 3.8) is 0 Å². The van der Waals surface area contributed by atoms with Crippen LogP contribution in [0.15, 0.2) is 217 Å². The highest BCUT2D eigenvalue weighted by Crippen LogP contribution is 2.53. The Morgan fingerprint density at radius 3 is 1.71 bits per heavy atom. The summed E-state index contributed by atoms with van der Waals surface area (Å²) in [4.78, 5) is 16.9. The van der Waals surface area contributed by atoms with E-state index in [1.165, 1.54) is 38.4 Å². The van der Waals surface area contributed by atoms with E-state index in [4.69, 9.17) is 9.98 Å². The van der Waals surface area contributed by atoms with Gasteiger partial charge in [0, 0.05) is 40.0 Å². The summed E-state index contributed by atoms with van der Waals surface area (Å²) in [6, 6.07) is 68.7. The molecule has 9 aromatic rings. The number of rotatable bonds is 7. The number of amidine groups is 2. The molecule has 2 atom stereocenters. The molecule has 0 saturated heterocycles. The fraction of sp³-hybridized carbons (Fsp3) is 0.0377. The zero-order valence-corrected chi connectivity index (χ0v) is 32.1. The quantitative estimate of drug-likeness (QED) is 0.159. The molecule has 0 spiro atoms. The highest BCUT2D eigenvalue weighted by molar-refractivity contribution is 6.22. The van der Waals surface area contributed by atoms with Gasteiger partial charge in [-0.2, -0.15) is 0 Å². The lowest BCUT2D eigenvalue weighted by Gasteiger charge is -2.28. The molecular weight excluding hydrogens is 721 g/mol. The first-order valence-corrected chi connectivity index (χ1v) is 20.0. The van der Waals surface area contributed by atoms with Crippen molar-refractivity contribution in [2.24, 2.45) is 9.98 Å². The SMILES string of the molecule is c1ccc(-c2ccc(C3=NC(c4ccncc4)NC(c4ccc(-c5cccc(N6c7c(c8ccccc8c8ccccc78)NC6c6ccccc6)c5)cc4)=N3)cc2)cc1. The van der Waals surface area contributed by atoms with Gasteiger partial charge in [0.25, 0.3) is 0 Å². The molecule has 6 nitrogen and oxygen atoms in total. The molecule has 0 fully saturated rings. The molecule has 2 N–H and O–H groups in total. The zero-order valence-electron chi connectivity index (χ0n) is 32.1. The molecule has 6 heteroatoms. The molecular formula is C53H38N6. The van der Waals surface area contributed by atoms with Crippen molar-refractivity contribution in [1.29, 1.82) is 0 Å². The number of fused-ring (bicyclic) bond motifs is 6. The lowest BCUT2D eigenvalue weighted by atomic mass is 9.97. The van der Waals surface area contributed by atoms with Gasteiger partial charge in [-0.3, -0.25) is 4.98 Å². The van der Waals surface area contributed by atoms with E-state index in [1.807, 2.05) is 18.2 Å². The number of nitrogens with one attached hydrogen (secondary N) is 2. The number of aliphatic imine (C=N–C) groups is 2. The van der Waals surface area contributed by atoms with Crippen LogP contribution in [0.25, 0.3) is 43.8 Å². The van der Waals surface area contributed by atoms with Gasteiger partial charge in [0.2, 0.25) is 0 Å². The summed E-state index contributed by atoms with van der Waals surface area (Å²) in [6.45, 7) is 0. The van der Waals surface area contributed by atoms with E-state index in [1.54, 1.807) is 12.4 Å². The van der Waals surface area contributed by atoms with Crippen LogP contribution in [0, 0.1) is 0 Å². The Morgan fingerprint density at radius 1 is 0.424 bits per heavy atom. The fourth-order valence-electron chi connectivity index (χ4n) is 8.54. The Balaban J connectivity index is 0.956. The topological polar surface area (TPSA) is 64.9 Å². The van der Waals surface area contributed by atoms with Gasteiger partial charge < -0.3 is 15.5 Å². The van der Waals surface area contributed by atoms with Crippen LogP contribution in [0.2, 0.25) is 0 Å². The molecule has 0 amide bonds. The van der Waals surface area contributed by atoms with Gasteiger partial charge in [-0.15, -0.1) is 0 Å². The number of hydrogen-bond donors (Lipinski definition) is 2. The molecule has 0 saturated carbocycles. The minimum absolute atomic E-state index is 0.0906. The molecule has 0 aliphatic carbocycles. The van der Waals surface area contributed by atoms with Gasteiger partial charge >= 0.3 is 0 Å². The minimum Gasteiger partial charge on any atom is -0.359 e. The second-order valence-electron chi connectivity index (χ2n) is 15.0. The summed E-state index contributed by atoms with van der Waals surface area (Å²) >= 11 is 0. The summed E-state index contributed by atoms with van der Waals surface area (Å²) in [5, 5.41) is 12.5. The second kappa shape index (κ2) is 14.6. The summed E-state index contributed by atoms with van der Waals surface area (Å²) in [5.41, 5.74) is 12.2. The highest BCUT2D eigenvalue weighted by atomic mass is 15.3. The third kappa shape index (κ3) is 6.28. The van der Waals surface area contributed by atoms with Crippen molar-refractivity contribution >= 4 is 50.3 Å². The molecule has 2 aliphatic rings. The Bertz CT molecular complexity index is 3030. The van der Waals surface area contributed by atoms with E-state index < -0.39 is 0 Å². The standard InChI is InChI=1S/C53H38N6/c1-3-12-35(13-4-1)36-22-26-38(27-23-36)50-56-51(58-52(57-50)40-30-32-54-33-31-40)39-28-24-37(25-29-39)42-16-11-17-43(34-42)59-49-47-21-10-8-19-45(47)44-18-7-9-20-46(44)48(49)55-53(59)41-14-5-2-6-15-41/h1-34,52-53,55H,(H,56,57,58). The van der Waals surface area contributed by atoms with E-state index >= 15 is 0 Å². The van der Waals surface area contributed by atoms with Crippen molar-refractivity contribution in [3.05, 3.63) is 229 Å². The normalized spacial score (nSPS) is 15.9. The van der Waals surface area contributed by atoms with Crippen molar-refractivity contribution in [1.82, 2.24) is 10.3 Å². The first kappa shape index (κ1) is 34.4. The van der Waals surface area contributed by atoms with Gasteiger partial charge in [0.15, 0.2) is 5.84 Å². The Hall–Kier alpha value is -7.83. The smallest absolute Gasteiger partial charge is 0.159 e. The highest BCUT2D eigenvalue weighted by Gasteiger charge is 2.34. The van der Waals surface area contributed by atoms with Crippen molar-refractivity contribution < 1.29 is 0 Å². The zero-order chi connectivity index (χ0) is 39.1. The Kier molecular flexibility index (Phi) is 8.51. The summed E-state index contributed by atoms with van der Waals surface area (Å²) in [6.07, 6.45) is 3.21. The summed E-state index contributed by atoms with van der Waals surface area (Å²) in [7, 11) is 0. The average Bonchev–Trinajstić information content (AvgIpc) is 3.74. The number of pyridine rings is 1. The first-order chi connectivity index (χ1) is 29.2. The lowest BCUT2D eigenvalue weighted by Crippen LogP contribution is -2.33. The maximum absolute atomic E-state index is 5.10. The van der Waals surface area contributed by atoms with Crippen molar-refractivity contribution in [3.8, 4) is 22.3 Å². The molecule has 2 aliphatic heterocycles. The number of hydrogen-bond acceptors (Lipinski definition) is 6. The van der Waals surface area contributed by atoms with Crippen LogP contribution in [0.5, 0.6) is 0 Å². The molecule has 8 aromatic carbocycles. The van der Waals surface area contributed by atoms with E-state index in [-0.39, 0.29) is 12.3 Å². The van der Waals surface area contributed by atoms with E-state index in [2.05, 4.69) is 196 Å². The van der Waals surface area contributed by atoms with Crippen LogP contribution in [-0.4, -0.2) is 16.7 Å². The predicted octanol–water partition coefficient (Wildman–Crippen LogP) is 12.5. The van der Waals surface area contributed by atoms with Gasteiger partial charge in [-0.05, 0) is 68.4 Å². The summed E-state index contributed by atoms with van der Waals surface area (Å²) in [5.74, 6) is 1.46. The molecule has 1 aromatic heterocycles.